The summed E-state index contributed by atoms with van der Waals surface area (Å²) in [6.07, 6.45) is 12.2. The predicted octanol–water partition coefficient (Wildman–Crippen LogP) is 4.69. The molecule has 3 heteroatoms. The average molecular weight is 288 g/mol. The van der Waals surface area contributed by atoms with E-state index in [1.165, 1.54) is 18.4 Å². The molecule has 21 heavy (non-hydrogen) atoms. The van der Waals surface area contributed by atoms with Crippen molar-refractivity contribution in [1.82, 2.24) is 0 Å². The van der Waals surface area contributed by atoms with Crippen LogP contribution in [0.3, 0.4) is 0 Å². The first kappa shape index (κ1) is 15.5. The third kappa shape index (κ3) is 5.18. The van der Waals surface area contributed by atoms with Gasteiger partial charge in [0, 0.05) is 6.08 Å². The van der Waals surface area contributed by atoms with Crippen molar-refractivity contribution in [2.24, 2.45) is 5.92 Å². The molecular formula is C18H21FO2. The molecule has 1 aromatic carbocycles. The molecule has 0 atom stereocenters. The van der Waals surface area contributed by atoms with Crippen LogP contribution in [0.4, 0.5) is 4.39 Å². The molecule has 0 saturated heterocycles. The van der Waals surface area contributed by atoms with Crippen LogP contribution >= 0.6 is 0 Å². The van der Waals surface area contributed by atoms with Crippen LogP contribution in [0.15, 0.2) is 48.6 Å². The second kappa shape index (κ2) is 7.77. The lowest BCUT2D eigenvalue weighted by atomic mass is 9.77. The van der Waals surface area contributed by atoms with Gasteiger partial charge in [-0.1, -0.05) is 30.4 Å². The normalized spacial score (nSPS) is 22.9. The lowest BCUT2D eigenvalue weighted by molar-refractivity contribution is -0.131. The molecule has 112 valence electrons. The molecule has 0 aromatic heterocycles. The number of rotatable bonds is 5. The Kier molecular flexibility index (Phi) is 5.73. The number of halogens is 1. The fourth-order valence-corrected chi connectivity index (χ4v) is 2.95. The van der Waals surface area contributed by atoms with Gasteiger partial charge < -0.3 is 5.11 Å². The van der Waals surface area contributed by atoms with Crippen LogP contribution in [-0.4, -0.2) is 11.1 Å². The van der Waals surface area contributed by atoms with Gasteiger partial charge >= 0.3 is 5.97 Å². The highest BCUT2D eigenvalue weighted by atomic mass is 19.1. The second-order valence-corrected chi connectivity index (χ2v) is 5.63. The van der Waals surface area contributed by atoms with E-state index in [-0.39, 0.29) is 5.82 Å². The number of aliphatic carboxylic acids is 1. The average Bonchev–Trinajstić information content (AvgIpc) is 2.48. The van der Waals surface area contributed by atoms with Gasteiger partial charge in [0.1, 0.15) is 5.82 Å². The molecule has 1 N–H and O–H groups in total. The standard InChI is InChI=1S/C18H21FO2/c19-17-12-10-16(11-13-17)15-8-6-14(7-9-15)4-2-1-3-5-18(20)21/h1-3,5,10-15H,4,6-9H2,(H,20,21). The minimum atomic E-state index is -0.917. The number of carboxylic acid groups (broad SMARTS) is 1. The largest absolute Gasteiger partial charge is 0.478 e. The molecule has 1 saturated carbocycles. The van der Waals surface area contributed by atoms with E-state index in [4.69, 9.17) is 5.11 Å². The van der Waals surface area contributed by atoms with Crippen LogP contribution in [0, 0.1) is 11.7 Å². The number of hydrogen-bond acceptors (Lipinski definition) is 1. The first-order chi connectivity index (χ1) is 10.1. The Morgan fingerprint density at radius 3 is 2.43 bits per heavy atom. The van der Waals surface area contributed by atoms with Crippen molar-refractivity contribution in [1.29, 1.82) is 0 Å². The minimum absolute atomic E-state index is 0.174. The molecule has 0 unspecified atom stereocenters. The summed E-state index contributed by atoms with van der Waals surface area (Å²) in [6, 6.07) is 6.88. The topological polar surface area (TPSA) is 37.3 Å². The van der Waals surface area contributed by atoms with E-state index in [1.54, 1.807) is 24.3 Å². The van der Waals surface area contributed by atoms with E-state index in [0.717, 1.165) is 25.3 Å². The van der Waals surface area contributed by atoms with Gasteiger partial charge in [-0.25, -0.2) is 9.18 Å². The molecule has 0 bridgehead atoms. The monoisotopic (exact) mass is 288 g/mol. The van der Waals surface area contributed by atoms with Crippen molar-refractivity contribution < 1.29 is 14.3 Å². The maximum atomic E-state index is 12.9. The number of hydrogen-bond donors (Lipinski definition) is 1. The van der Waals surface area contributed by atoms with E-state index in [0.29, 0.717) is 11.8 Å². The summed E-state index contributed by atoms with van der Waals surface area (Å²) < 4.78 is 12.9. The summed E-state index contributed by atoms with van der Waals surface area (Å²) in [4.78, 5) is 10.3. The highest BCUT2D eigenvalue weighted by Gasteiger charge is 2.21. The summed E-state index contributed by atoms with van der Waals surface area (Å²) in [6.45, 7) is 0. The molecule has 2 nitrogen and oxygen atoms in total. The van der Waals surface area contributed by atoms with Crippen LogP contribution in [0.2, 0.25) is 0 Å². The maximum absolute atomic E-state index is 12.9. The predicted molar refractivity (Wildman–Crippen MR) is 81.6 cm³/mol. The summed E-state index contributed by atoms with van der Waals surface area (Å²) in [7, 11) is 0. The molecule has 1 aromatic rings. The zero-order chi connectivity index (χ0) is 15.1. The highest BCUT2D eigenvalue weighted by Crippen LogP contribution is 2.37. The fraction of sp³-hybridized carbons (Fsp3) is 0.389. The van der Waals surface area contributed by atoms with Crippen molar-refractivity contribution in [3.05, 3.63) is 60.0 Å². The molecule has 1 aliphatic rings. The molecule has 0 spiro atoms. The number of benzene rings is 1. The quantitative estimate of drug-likeness (QED) is 0.630. The highest BCUT2D eigenvalue weighted by molar-refractivity contribution is 5.80. The van der Waals surface area contributed by atoms with Crippen molar-refractivity contribution in [3.63, 3.8) is 0 Å². The molecule has 1 fully saturated rings. The summed E-state index contributed by atoms with van der Waals surface area (Å²) in [5, 5.41) is 8.47. The third-order valence-electron chi connectivity index (χ3n) is 4.14. The summed E-state index contributed by atoms with van der Waals surface area (Å²) >= 11 is 0. The van der Waals surface area contributed by atoms with Gasteiger partial charge in [0.2, 0.25) is 0 Å². The van der Waals surface area contributed by atoms with Crippen molar-refractivity contribution in [3.8, 4) is 0 Å². The van der Waals surface area contributed by atoms with Crippen LogP contribution in [0.1, 0.15) is 43.6 Å². The molecule has 1 aliphatic carbocycles. The molecule has 0 aliphatic heterocycles. The lowest BCUT2D eigenvalue weighted by Crippen LogP contribution is -2.12. The molecule has 0 amide bonds. The fourth-order valence-electron chi connectivity index (χ4n) is 2.95. The SMILES string of the molecule is O=C(O)C=CC=CCC1CCC(c2ccc(F)cc2)CC1. The van der Waals surface area contributed by atoms with Crippen molar-refractivity contribution >= 4 is 5.97 Å². The van der Waals surface area contributed by atoms with Gasteiger partial charge in [-0.15, -0.1) is 0 Å². The molecule has 0 heterocycles. The van der Waals surface area contributed by atoms with Gasteiger partial charge in [0.05, 0.1) is 0 Å². The minimum Gasteiger partial charge on any atom is -0.478 e. The zero-order valence-corrected chi connectivity index (χ0v) is 12.0. The Bertz CT molecular complexity index is 509. The maximum Gasteiger partial charge on any atom is 0.328 e. The van der Waals surface area contributed by atoms with Gasteiger partial charge in [-0.3, -0.25) is 0 Å². The van der Waals surface area contributed by atoms with E-state index < -0.39 is 5.97 Å². The van der Waals surface area contributed by atoms with Gasteiger partial charge in [0.15, 0.2) is 0 Å². The Balaban J connectivity index is 1.75. The van der Waals surface area contributed by atoms with Crippen molar-refractivity contribution in [2.75, 3.05) is 0 Å². The van der Waals surface area contributed by atoms with Crippen LogP contribution < -0.4 is 0 Å². The van der Waals surface area contributed by atoms with Gasteiger partial charge in [-0.05, 0) is 61.6 Å². The van der Waals surface area contributed by atoms with Crippen LogP contribution in [-0.2, 0) is 4.79 Å². The first-order valence-electron chi connectivity index (χ1n) is 7.46. The van der Waals surface area contributed by atoms with Gasteiger partial charge in [-0.2, -0.15) is 0 Å². The summed E-state index contributed by atoms with van der Waals surface area (Å²) in [5.74, 6) is 0.139. The molecular weight excluding hydrogens is 267 g/mol. The number of carboxylic acids is 1. The Morgan fingerprint density at radius 1 is 1.14 bits per heavy atom. The Morgan fingerprint density at radius 2 is 1.81 bits per heavy atom. The third-order valence-corrected chi connectivity index (χ3v) is 4.14. The Hall–Kier alpha value is -1.90. The van der Waals surface area contributed by atoms with E-state index >= 15 is 0 Å². The van der Waals surface area contributed by atoms with E-state index in [2.05, 4.69) is 0 Å². The zero-order valence-electron chi connectivity index (χ0n) is 12.0. The van der Waals surface area contributed by atoms with Crippen molar-refractivity contribution in [2.45, 2.75) is 38.0 Å². The van der Waals surface area contributed by atoms with Crippen LogP contribution in [0.5, 0.6) is 0 Å². The van der Waals surface area contributed by atoms with E-state index in [1.807, 2.05) is 18.2 Å². The second-order valence-electron chi connectivity index (χ2n) is 5.63. The van der Waals surface area contributed by atoms with E-state index in [9.17, 15) is 9.18 Å². The molecule has 2 rings (SSSR count). The Labute approximate surface area is 125 Å². The first-order valence-corrected chi connectivity index (χ1v) is 7.46. The van der Waals surface area contributed by atoms with Crippen LogP contribution in [0.25, 0.3) is 0 Å². The number of allylic oxidation sites excluding steroid dienone is 3. The summed E-state index contributed by atoms with van der Waals surface area (Å²) in [5.41, 5.74) is 1.25. The molecule has 0 radical (unpaired) electrons. The smallest absolute Gasteiger partial charge is 0.328 e. The lowest BCUT2D eigenvalue weighted by Gasteiger charge is -2.28. The van der Waals surface area contributed by atoms with Gasteiger partial charge in [0.25, 0.3) is 0 Å². The number of carbonyl (C=O) groups is 1.